The Labute approximate surface area is 129 Å². The molecule has 2 N–H and O–H groups in total. The first-order chi connectivity index (χ1) is 10.2. The van der Waals surface area contributed by atoms with Crippen molar-refractivity contribution in [2.75, 3.05) is 13.7 Å². The summed E-state index contributed by atoms with van der Waals surface area (Å²) < 4.78 is 12.2. The summed E-state index contributed by atoms with van der Waals surface area (Å²) in [4.78, 5) is 0. The van der Waals surface area contributed by atoms with Crippen molar-refractivity contribution < 1.29 is 9.47 Å². The van der Waals surface area contributed by atoms with E-state index in [1.165, 1.54) is 57.8 Å². The van der Waals surface area contributed by atoms with Gasteiger partial charge in [0, 0.05) is 19.8 Å². The van der Waals surface area contributed by atoms with Crippen LogP contribution in [-0.2, 0) is 9.47 Å². The molecule has 2 atom stereocenters. The zero-order chi connectivity index (χ0) is 14.8. The normalized spacial score (nSPS) is 33.7. The van der Waals surface area contributed by atoms with Crippen molar-refractivity contribution in [1.82, 2.24) is 0 Å². The van der Waals surface area contributed by atoms with E-state index in [1.54, 1.807) is 0 Å². The fourth-order valence-electron chi connectivity index (χ4n) is 5.17. The van der Waals surface area contributed by atoms with Crippen molar-refractivity contribution in [3.05, 3.63) is 0 Å². The van der Waals surface area contributed by atoms with Gasteiger partial charge in [-0.2, -0.15) is 0 Å². The topological polar surface area (TPSA) is 44.5 Å². The average Bonchev–Trinajstić information content (AvgIpc) is 2.55. The molecular weight excluding hydrogens is 262 g/mol. The van der Waals surface area contributed by atoms with Gasteiger partial charge in [0.1, 0.15) is 0 Å². The molecule has 3 rings (SSSR count). The number of hydrogen-bond donors (Lipinski definition) is 1. The smallest absolute Gasteiger partial charge is 0.0831 e. The molecule has 122 valence electrons. The van der Waals surface area contributed by atoms with E-state index in [-0.39, 0.29) is 17.2 Å². The first kappa shape index (κ1) is 15.8. The largest absolute Gasteiger partial charge is 0.377 e. The molecule has 3 nitrogen and oxygen atoms in total. The maximum Gasteiger partial charge on any atom is 0.0831 e. The SMILES string of the molecule is COC1(C(N)C2CCOC3(CCCCC3)C2)CCCCC1. The monoisotopic (exact) mass is 295 g/mol. The molecule has 2 aliphatic carbocycles. The Kier molecular flexibility index (Phi) is 4.92. The fourth-order valence-corrected chi connectivity index (χ4v) is 5.17. The minimum atomic E-state index is -0.0594. The van der Waals surface area contributed by atoms with Gasteiger partial charge in [-0.05, 0) is 44.4 Å². The van der Waals surface area contributed by atoms with Gasteiger partial charge in [-0.1, -0.05) is 38.5 Å². The Balaban J connectivity index is 1.69. The van der Waals surface area contributed by atoms with Crippen LogP contribution in [0.4, 0.5) is 0 Å². The number of nitrogens with two attached hydrogens (primary N) is 1. The highest BCUT2D eigenvalue weighted by Crippen LogP contribution is 2.45. The van der Waals surface area contributed by atoms with Gasteiger partial charge in [0.25, 0.3) is 0 Å². The van der Waals surface area contributed by atoms with Crippen molar-refractivity contribution in [1.29, 1.82) is 0 Å². The van der Waals surface area contributed by atoms with Gasteiger partial charge >= 0.3 is 0 Å². The molecular formula is C18H33NO2. The predicted molar refractivity (Wildman–Crippen MR) is 85.3 cm³/mol. The third kappa shape index (κ3) is 3.16. The zero-order valence-corrected chi connectivity index (χ0v) is 13.7. The predicted octanol–water partition coefficient (Wildman–Crippen LogP) is 3.79. The van der Waals surface area contributed by atoms with Crippen LogP contribution in [-0.4, -0.2) is 31.0 Å². The highest BCUT2D eigenvalue weighted by Gasteiger charge is 2.46. The van der Waals surface area contributed by atoms with Gasteiger partial charge in [0.05, 0.1) is 11.2 Å². The van der Waals surface area contributed by atoms with Gasteiger partial charge in [-0.3, -0.25) is 0 Å². The Morgan fingerprint density at radius 3 is 2.24 bits per heavy atom. The molecule has 1 saturated heterocycles. The number of ether oxygens (including phenoxy) is 2. The summed E-state index contributed by atoms with van der Waals surface area (Å²) >= 11 is 0. The van der Waals surface area contributed by atoms with E-state index in [1.807, 2.05) is 7.11 Å². The molecule has 1 heterocycles. The first-order valence-electron chi connectivity index (χ1n) is 9.14. The molecule has 0 radical (unpaired) electrons. The summed E-state index contributed by atoms with van der Waals surface area (Å²) in [6.07, 6.45) is 15.0. The minimum Gasteiger partial charge on any atom is -0.377 e. The molecule has 0 aromatic heterocycles. The van der Waals surface area contributed by atoms with E-state index in [0.717, 1.165) is 25.9 Å². The standard InChI is InChI=1S/C18H33NO2/c1-20-18(11-6-3-7-12-18)16(19)15-8-13-21-17(14-15)9-4-2-5-10-17/h15-16H,2-14,19H2,1H3. The Bertz CT molecular complexity index is 327. The molecule has 0 aromatic rings. The number of rotatable bonds is 3. The zero-order valence-electron chi connectivity index (χ0n) is 13.7. The van der Waals surface area contributed by atoms with E-state index >= 15 is 0 Å². The van der Waals surface area contributed by atoms with Crippen LogP contribution in [0, 0.1) is 5.92 Å². The second-order valence-corrected chi connectivity index (χ2v) is 7.70. The van der Waals surface area contributed by atoms with Crippen molar-refractivity contribution in [3.8, 4) is 0 Å². The molecule has 0 aromatic carbocycles. The van der Waals surface area contributed by atoms with Gasteiger partial charge in [-0.15, -0.1) is 0 Å². The molecule has 1 aliphatic heterocycles. The number of hydrogen-bond acceptors (Lipinski definition) is 3. The molecule has 3 fully saturated rings. The summed E-state index contributed by atoms with van der Waals surface area (Å²) in [5, 5.41) is 0. The highest BCUT2D eigenvalue weighted by molar-refractivity contribution is 5.01. The molecule has 3 heteroatoms. The third-order valence-corrected chi connectivity index (χ3v) is 6.52. The average molecular weight is 295 g/mol. The summed E-state index contributed by atoms with van der Waals surface area (Å²) in [5.41, 5.74) is 6.87. The minimum absolute atomic E-state index is 0.0594. The molecule has 2 saturated carbocycles. The molecule has 0 bridgehead atoms. The van der Waals surface area contributed by atoms with E-state index < -0.39 is 0 Å². The third-order valence-electron chi connectivity index (χ3n) is 6.52. The van der Waals surface area contributed by atoms with E-state index in [0.29, 0.717) is 5.92 Å². The van der Waals surface area contributed by atoms with Crippen LogP contribution < -0.4 is 5.73 Å². The van der Waals surface area contributed by atoms with Crippen molar-refractivity contribution in [2.24, 2.45) is 11.7 Å². The maximum absolute atomic E-state index is 6.78. The Hall–Kier alpha value is -0.120. The van der Waals surface area contributed by atoms with Crippen molar-refractivity contribution >= 4 is 0 Å². The molecule has 2 unspecified atom stereocenters. The lowest BCUT2D eigenvalue weighted by Gasteiger charge is -2.49. The van der Waals surface area contributed by atoms with E-state index in [2.05, 4.69) is 0 Å². The Morgan fingerprint density at radius 2 is 1.62 bits per heavy atom. The number of methoxy groups -OCH3 is 1. The lowest BCUT2D eigenvalue weighted by Crippen LogP contribution is -2.57. The van der Waals surface area contributed by atoms with Crippen LogP contribution in [0.3, 0.4) is 0 Å². The second-order valence-electron chi connectivity index (χ2n) is 7.70. The molecule has 3 aliphatic rings. The molecule has 1 spiro atoms. The van der Waals surface area contributed by atoms with Crippen molar-refractivity contribution in [2.45, 2.75) is 94.3 Å². The van der Waals surface area contributed by atoms with Gasteiger partial charge in [0.2, 0.25) is 0 Å². The van der Waals surface area contributed by atoms with E-state index in [9.17, 15) is 0 Å². The molecule has 21 heavy (non-hydrogen) atoms. The van der Waals surface area contributed by atoms with Crippen LogP contribution in [0.15, 0.2) is 0 Å². The lowest BCUT2D eigenvalue weighted by atomic mass is 9.68. The summed E-state index contributed by atoms with van der Waals surface area (Å²) in [7, 11) is 1.88. The fraction of sp³-hybridized carbons (Fsp3) is 1.00. The van der Waals surface area contributed by atoms with Crippen LogP contribution in [0.1, 0.15) is 77.0 Å². The first-order valence-corrected chi connectivity index (χ1v) is 9.14. The van der Waals surface area contributed by atoms with Crippen molar-refractivity contribution in [3.63, 3.8) is 0 Å². The maximum atomic E-state index is 6.78. The second kappa shape index (κ2) is 6.55. The highest BCUT2D eigenvalue weighted by atomic mass is 16.5. The Morgan fingerprint density at radius 1 is 1.00 bits per heavy atom. The van der Waals surface area contributed by atoms with Crippen LogP contribution in [0.5, 0.6) is 0 Å². The van der Waals surface area contributed by atoms with E-state index in [4.69, 9.17) is 15.2 Å². The molecule has 0 amide bonds. The lowest BCUT2D eigenvalue weighted by molar-refractivity contribution is -0.141. The van der Waals surface area contributed by atoms with Gasteiger partial charge in [-0.25, -0.2) is 0 Å². The van der Waals surface area contributed by atoms with Crippen LogP contribution in [0.2, 0.25) is 0 Å². The van der Waals surface area contributed by atoms with Gasteiger partial charge < -0.3 is 15.2 Å². The summed E-state index contributed by atoms with van der Waals surface area (Å²) in [5.74, 6) is 0.579. The van der Waals surface area contributed by atoms with Crippen LogP contribution in [0.25, 0.3) is 0 Å². The summed E-state index contributed by atoms with van der Waals surface area (Å²) in [6, 6.07) is 0.186. The van der Waals surface area contributed by atoms with Crippen LogP contribution >= 0.6 is 0 Å². The summed E-state index contributed by atoms with van der Waals surface area (Å²) in [6.45, 7) is 0.901. The van der Waals surface area contributed by atoms with Gasteiger partial charge in [0.15, 0.2) is 0 Å². The quantitative estimate of drug-likeness (QED) is 0.861.